The van der Waals surface area contributed by atoms with Crippen LogP contribution in [0.25, 0.3) is 0 Å². The number of rotatable bonds is 101. The highest BCUT2D eigenvalue weighted by atomic mass is 16.6. The van der Waals surface area contributed by atoms with Gasteiger partial charge in [-0.2, -0.15) is 0 Å². The van der Waals surface area contributed by atoms with Gasteiger partial charge < -0.3 is 147 Å². The SMILES string of the molecule is CCCCCCCCCCCCCOCCOCCOCCOCCOCCOCCOCCOCCOCCOCCOCCOCCOCCOCCOCCOCCOCCOCCOCCOCCOCCOCCOCCOCCOCCOCCOCCOCCOCCOCCO. The first-order valence-corrected chi connectivity index (χ1v) is 38.8. The smallest absolute Gasteiger partial charge is 0.0701 e. The van der Waals surface area contributed by atoms with Crippen LogP contribution in [-0.2, 0) is 142 Å². The van der Waals surface area contributed by atoms with Gasteiger partial charge in [0.15, 0.2) is 0 Å². The third-order valence-corrected chi connectivity index (χ3v) is 13.9. The lowest BCUT2D eigenvalue weighted by Gasteiger charge is -2.09. The van der Waals surface area contributed by atoms with E-state index in [0.717, 1.165) is 13.0 Å². The molecule has 0 atom stereocenters. The molecule has 0 unspecified atom stereocenters. The van der Waals surface area contributed by atoms with Crippen molar-refractivity contribution in [1.29, 1.82) is 0 Å². The van der Waals surface area contributed by atoms with Gasteiger partial charge in [-0.1, -0.05) is 71.1 Å². The van der Waals surface area contributed by atoms with Crippen LogP contribution in [0.3, 0.4) is 0 Å². The summed E-state index contributed by atoms with van der Waals surface area (Å²) < 4.78 is 165. The zero-order valence-corrected chi connectivity index (χ0v) is 64.6. The van der Waals surface area contributed by atoms with Crippen LogP contribution < -0.4 is 0 Å². The second kappa shape index (κ2) is 102. The number of aliphatic hydroxyl groups excluding tert-OH is 1. The molecule has 31 nitrogen and oxygen atoms in total. The lowest BCUT2D eigenvalue weighted by molar-refractivity contribution is -0.0325. The molecule has 0 aromatic heterocycles. The third kappa shape index (κ3) is 101. The van der Waals surface area contributed by atoms with E-state index in [9.17, 15) is 0 Å². The Bertz CT molecular complexity index is 1350. The zero-order chi connectivity index (χ0) is 74.1. The minimum absolute atomic E-state index is 0.0167. The van der Waals surface area contributed by atoms with Crippen molar-refractivity contribution in [1.82, 2.24) is 0 Å². The van der Waals surface area contributed by atoms with Crippen LogP contribution >= 0.6 is 0 Å². The van der Waals surface area contributed by atoms with Gasteiger partial charge in [-0.3, -0.25) is 0 Å². The highest BCUT2D eigenvalue weighted by Gasteiger charge is 2.03. The summed E-state index contributed by atoms with van der Waals surface area (Å²) in [7, 11) is 0. The van der Waals surface area contributed by atoms with Crippen molar-refractivity contribution < 1.29 is 147 Å². The van der Waals surface area contributed by atoms with Gasteiger partial charge in [0.2, 0.25) is 0 Å². The molecule has 0 aromatic rings. The van der Waals surface area contributed by atoms with E-state index in [0.29, 0.717) is 390 Å². The quantitative estimate of drug-likeness (QED) is 0.0801. The van der Waals surface area contributed by atoms with Crippen molar-refractivity contribution in [2.45, 2.75) is 77.6 Å². The van der Waals surface area contributed by atoms with Crippen LogP contribution in [-0.4, -0.2) is 408 Å². The van der Waals surface area contributed by atoms with Gasteiger partial charge in [0.1, 0.15) is 0 Å². The molecule has 0 radical (unpaired) electrons. The lowest BCUT2D eigenvalue weighted by atomic mass is 10.1. The predicted molar refractivity (Wildman–Crippen MR) is 388 cm³/mol. The number of ether oxygens (including phenoxy) is 30. The molecule has 0 aliphatic heterocycles. The van der Waals surface area contributed by atoms with Crippen molar-refractivity contribution >= 4 is 0 Å². The Morgan fingerprint density at radius 2 is 0.192 bits per heavy atom. The Morgan fingerprint density at radius 3 is 0.298 bits per heavy atom. The summed E-state index contributed by atoms with van der Waals surface area (Å²) in [5, 5.41) is 8.62. The minimum atomic E-state index is 0.0167. The van der Waals surface area contributed by atoms with Crippen molar-refractivity contribution in [3.63, 3.8) is 0 Å². The lowest BCUT2D eigenvalue weighted by Crippen LogP contribution is -2.16. The Kier molecular flexibility index (Phi) is 101. The maximum atomic E-state index is 8.62. The fraction of sp³-hybridized carbons (Fsp3) is 1.00. The van der Waals surface area contributed by atoms with E-state index in [1.54, 1.807) is 0 Å². The molecular formula is C73H148O31. The zero-order valence-electron chi connectivity index (χ0n) is 64.6. The topological polar surface area (TPSA) is 297 Å². The monoisotopic (exact) mass is 1520 g/mol. The fourth-order valence-electron chi connectivity index (χ4n) is 8.41. The molecule has 0 aliphatic rings. The number of hydrogen-bond donors (Lipinski definition) is 1. The molecule has 0 rings (SSSR count). The van der Waals surface area contributed by atoms with Gasteiger partial charge in [0.05, 0.1) is 396 Å². The average molecular weight is 1520 g/mol. The van der Waals surface area contributed by atoms with Gasteiger partial charge in [0, 0.05) is 6.61 Å². The number of unbranched alkanes of at least 4 members (excludes halogenated alkanes) is 10. The van der Waals surface area contributed by atoms with E-state index in [2.05, 4.69) is 6.92 Å². The maximum Gasteiger partial charge on any atom is 0.0701 e. The summed E-state index contributed by atoms with van der Waals surface area (Å²) >= 11 is 0. The Morgan fingerprint density at radius 1 is 0.106 bits per heavy atom. The van der Waals surface area contributed by atoms with Gasteiger partial charge in [0.25, 0.3) is 0 Å². The van der Waals surface area contributed by atoms with Crippen LogP contribution in [0.2, 0.25) is 0 Å². The highest BCUT2D eigenvalue weighted by molar-refractivity contribution is 4.50. The van der Waals surface area contributed by atoms with Crippen LogP contribution in [0.5, 0.6) is 0 Å². The van der Waals surface area contributed by atoms with Crippen LogP contribution in [0.15, 0.2) is 0 Å². The summed E-state index contributed by atoms with van der Waals surface area (Å²) in [6.45, 7) is 32.1. The predicted octanol–water partition coefficient (Wildman–Crippen LogP) is 4.79. The molecule has 0 saturated heterocycles. The van der Waals surface area contributed by atoms with E-state index in [1.807, 2.05) is 0 Å². The van der Waals surface area contributed by atoms with E-state index >= 15 is 0 Å². The van der Waals surface area contributed by atoms with Gasteiger partial charge >= 0.3 is 0 Å². The maximum absolute atomic E-state index is 8.62. The Labute approximate surface area is 625 Å². The molecule has 31 heteroatoms. The average Bonchev–Trinajstić information content (AvgIpc) is 3.68. The molecule has 0 bridgehead atoms. The second-order valence-electron chi connectivity index (χ2n) is 22.6. The first-order valence-electron chi connectivity index (χ1n) is 38.8. The molecule has 104 heavy (non-hydrogen) atoms. The first-order chi connectivity index (χ1) is 51.9. The summed E-state index contributed by atoms with van der Waals surface area (Å²) in [5.74, 6) is 0. The van der Waals surface area contributed by atoms with Crippen molar-refractivity contribution in [2.24, 2.45) is 0 Å². The molecule has 0 fully saturated rings. The molecule has 0 heterocycles. The molecule has 0 amide bonds. The van der Waals surface area contributed by atoms with Crippen molar-refractivity contribution in [3.8, 4) is 0 Å². The van der Waals surface area contributed by atoms with Crippen LogP contribution in [0.1, 0.15) is 77.6 Å². The second-order valence-corrected chi connectivity index (χ2v) is 22.6. The molecule has 0 aliphatic carbocycles. The summed E-state index contributed by atoms with van der Waals surface area (Å²) in [4.78, 5) is 0. The van der Waals surface area contributed by atoms with Crippen LogP contribution in [0, 0.1) is 0 Å². The normalized spacial score (nSPS) is 11.8. The largest absolute Gasteiger partial charge is 0.394 e. The molecular weight excluding hydrogens is 1370 g/mol. The van der Waals surface area contributed by atoms with E-state index in [1.165, 1.54) is 64.2 Å². The summed E-state index contributed by atoms with van der Waals surface area (Å²) in [6, 6.07) is 0. The van der Waals surface area contributed by atoms with Crippen molar-refractivity contribution in [3.05, 3.63) is 0 Å². The van der Waals surface area contributed by atoms with E-state index < -0.39 is 0 Å². The molecule has 0 aromatic carbocycles. The molecule has 626 valence electrons. The Hall–Kier alpha value is -1.24. The molecule has 1 N–H and O–H groups in total. The van der Waals surface area contributed by atoms with Gasteiger partial charge in [-0.05, 0) is 6.42 Å². The number of aliphatic hydroxyl groups is 1. The molecule has 0 saturated carbocycles. The molecule has 0 spiro atoms. The van der Waals surface area contributed by atoms with Gasteiger partial charge in [-0.15, -0.1) is 0 Å². The fourth-order valence-corrected chi connectivity index (χ4v) is 8.41. The number of hydrogen-bond acceptors (Lipinski definition) is 31. The van der Waals surface area contributed by atoms with E-state index in [-0.39, 0.29) is 6.61 Å². The van der Waals surface area contributed by atoms with E-state index in [4.69, 9.17) is 147 Å². The Balaban J connectivity index is 3.09. The van der Waals surface area contributed by atoms with Crippen molar-refractivity contribution in [2.75, 3.05) is 403 Å². The van der Waals surface area contributed by atoms with Crippen LogP contribution in [0.4, 0.5) is 0 Å². The summed E-state index contributed by atoms with van der Waals surface area (Å²) in [5.41, 5.74) is 0. The standard InChI is InChI=1S/C73H148O31/c1-2-3-4-5-6-7-8-9-10-11-12-14-75-16-18-77-20-22-79-24-26-81-28-30-83-32-34-85-36-38-87-40-42-89-44-46-91-48-50-93-52-54-95-56-58-97-60-62-99-64-66-101-68-70-103-72-73-104-71-69-102-67-65-100-63-61-98-59-57-96-55-53-94-51-49-92-47-45-90-43-41-88-39-37-86-35-33-84-31-29-82-27-25-80-23-21-78-19-17-76-15-13-74/h74H,2-73H2,1H3. The summed E-state index contributed by atoms with van der Waals surface area (Å²) in [6.07, 6.45) is 14.8. The highest BCUT2D eigenvalue weighted by Crippen LogP contribution is 2.11. The third-order valence-electron chi connectivity index (χ3n) is 13.9. The first kappa shape index (κ1) is 103. The van der Waals surface area contributed by atoms with Gasteiger partial charge in [-0.25, -0.2) is 0 Å². The minimum Gasteiger partial charge on any atom is -0.394 e.